The Hall–Kier alpha value is -1.64. The van der Waals surface area contributed by atoms with E-state index in [-0.39, 0.29) is 34.7 Å². The number of nitrogen functional groups attached to an aromatic ring is 1. The van der Waals surface area contributed by atoms with Crippen LogP contribution in [-0.4, -0.2) is 37.8 Å². The smallest absolute Gasteiger partial charge is 0.335 e. The molecule has 0 unspecified atom stereocenters. The van der Waals surface area contributed by atoms with Crippen molar-refractivity contribution in [1.82, 2.24) is 4.72 Å². The minimum absolute atomic E-state index is 0.0665. The van der Waals surface area contributed by atoms with Crippen molar-refractivity contribution in [3.05, 3.63) is 23.8 Å². The van der Waals surface area contributed by atoms with Crippen LogP contribution in [0.25, 0.3) is 0 Å². The standard InChI is InChI=1S/C12H16N2O5S/c13-9-5-8(11(16)17)1-2-10(9)20(18,19)14-6-12(7-15)3-4-12/h1-2,5,14-15H,3-4,6-7,13H2,(H,16,17). The van der Waals surface area contributed by atoms with E-state index < -0.39 is 16.0 Å². The lowest BCUT2D eigenvalue weighted by Crippen LogP contribution is -2.32. The predicted octanol–water partition coefficient (Wildman–Crippen LogP) is 0.0178. The topological polar surface area (TPSA) is 130 Å². The molecule has 1 fully saturated rings. The van der Waals surface area contributed by atoms with Crippen LogP contribution in [0, 0.1) is 5.41 Å². The summed E-state index contributed by atoms with van der Waals surface area (Å²) < 4.78 is 26.6. The first kappa shape index (κ1) is 14.8. The van der Waals surface area contributed by atoms with Gasteiger partial charge in [0.15, 0.2) is 0 Å². The second-order valence-electron chi connectivity index (χ2n) is 5.04. The van der Waals surface area contributed by atoms with E-state index in [1.807, 2.05) is 0 Å². The Morgan fingerprint density at radius 1 is 1.40 bits per heavy atom. The average Bonchev–Trinajstić information content (AvgIpc) is 3.17. The molecule has 7 nitrogen and oxygen atoms in total. The second-order valence-corrected chi connectivity index (χ2v) is 6.78. The molecule has 0 aromatic heterocycles. The highest BCUT2D eigenvalue weighted by Gasteiger charge is 2.42. The summed E-state index contributed by atoms with van der Waals surface area (Å²) in [5.74, 6) is -1.18. The van der Waals surface area contributed by atoms with Gasteiger partial charge in [0.05, 0.1) is 11.3 Å². The van der Waals surface area contributed by atoms with Crippen LogP contribution in [-0.2, 0) is 10.0 Å². The number of hydrogen-bond acceptors (Lipinski definition) is 5. The third-order valence-electron chi connectivity index (χ3n) is 3.48. The van der Waals surface area contributed by atoms with Crippen molar-refractivity contribution in [1.29, 1.82) is 0 Å². The quantitative estimate of drug-likeness (QED) is 0.548. The van der Waals surface area contributed by atoms with Crippen LogP contribution in [0.15, 0.2) is 23.1 Å². The Balaban J connectivity index is 2.19. The summed E-state index contributed by atoms with van der Waals surface area (Å²) in [6.45, 7) is 0.0783. The number of rotatable bonds is 6. The molecule has 1 saturated carbocycles. The van der Waals surface area contributed by atoms with Crippen molar-refractivity contribution < 1.29 is 23.4 Å². The van der Waals surface area contributed by atoms with Gasteiger partial charge in [-0.3, -0.25) is 0 Å². The Bertz CT molecular complexity index is 637. The van der Waals surface area contributed by atoms with Crippen LogP contribution in [0.4, 0.5) is 5.69 Å². The molecule has 20 heavy (non-hydrogen) atoms. The normalized spacial score (nSPS) is 16.9. The van der Waals surface area contributed by atoms with Gasteiger partial charge in [-0.2, -0.15) is 0 Å². The molecule has 2 rings (SSSR count). The number of aliphatic hydroxyl groups is 1. The van der Waals surface area contributed by atoms with Gasteiger partial charge in [-0.25, -0.2) is 17.9 Å². The van der Waals surface area contributed by atoms with E-state index in [9.17, 15) is 13.2 Å². The van der Waals surface area contributed by atoms with Gasteiger partial charge in [0.1, 0.15) is 4.90 Å². The third kappa shape index (κ3) is 2.92. The molecule has 1 aliphatic rings. The molecule has 5 N–H and O–H groups in total. The second kappa shape index (κ2) is 5.04. The molecule has 1 aromatic carbocycles. The first-order valence-electron chi connectivity index (χ1n) is 6.03. The summed E-state index contributed by atoms with van der Waals surface area (Å²) in [6.07, 6.45) is 1.55. The number of sulfonamides is 1. The van der Waals surface area contributed by atoms with E-state index in [2.05, 4.69) is 4.72 Å². The number of anilines is 1. The minimum atomic E-state index is -3.82. The lowest BCUT2D eigenvalue weighted by atomic mass is 10.1. The molecule has 0 heterocycles. The van der Waals surface area contributed by atoms with Crippen LogP contribution in [0.2, 0.25) is 0 Å². The van der Waals surface area contributed by atoms with E-state index in [0.29, 0.717) is 0 Å². The molecule has 0 atom stereocenters. The molecule has 1 aromatic rings. The molecular formula is C12H16N2O5S. The summed E-state index contributed by atoms with van der Waals surface area (Å²) in [5.41, 5.74) is 5.05. The van der Waals surface area contributed by atoms with E-state index in [1.165, 1.54) is 12.1 Å². The Kier molecular flexibility index (Phi) is 3.72. The van der Waals surface area contributed by atoms with Crippen molar-refractivity contribution in [2.24, 2.45) is 5.41 Å². The van der Waals surface area contributed by atoms with Gasteiger partial charge in [0.25, 0.3) is 0 Å². The summed E-state index contributed by atoms with van der Waals surface area (Å²) in [5, 5.41) is 18.0. The number of benzene rings is 1. The minimum Gasteiger partial charge on any atom is -0.478 e. The molecule has 0 bridgehead atoms. The van der Waals surface area contributed by atoms with Crippen LogP contribution in [0.5, 0.6) is 0 Å². The van der Waals surface area contributed by atoms with E-state index in [0.717, 1.165) is 18.9 Å². The van der Waals surface area contributed by atoms with Crippen LogP contribution >= 0.6 is 0 Å². The zero-order valence-corrected chi connectivity index (χ0v) is 11.5. The summed E-state index contributed by atoms with van der Waals surface area (Å²) in [4.78, 5) is 10.6. The zero-order valence-electron chi connectivity index (χ0n) is 10.7. The number of carbonyl (C=O) groups is 1. The molecule has 0 saturated heterocycles. The van der Waals surface area contributed by atoms with Crippen LogP contribution in [0.3, 0.4) is 0 Å². The molecule has 8 heteroatoms. The number of nitrogens with one attached hydrogen (secondary N) is 1. The summed E-state index contributed by atoms with van der Waals surface area (Å²) >= 11 is 0. The number of nitrogens with two attached hydrogens (primary N) is 1. The van der Waals surface area contributed by atoms with Crippen molar-refractivity contribution in [3.8, 4) is 0 Å². The maximum atomic E-state index is 12.1. The third-order valence-corrected chi connectivity index (χ3v) is 4.95. The Morgan fingerprint density at radius 3 is 2.50 bits per heavy atom. The van der Waals surface area contributed by atoms with Gasteiger partial charge in [0, 0.05) is 18.6 Å². The van der Waals surface area contributed by atoms with Crippen molar-refractivity contribution in [2.45, 2.75) is 17.7 Å². The van der Waals surface area contributed by atoms with Gasteiger partial charge >= 0.3 is 5.97 Å². The molecule has 0 amide bonds. The Labute approximate surface area is 116 Å². The lowest BCUT2D eigenvalue weighted by Gasteiger charge is -2.14. The van der Waals surface area contributed by atoms with E-state index in [1.54, 1.807) is 0 Å². The van der Waals surface area contributed by atoms with Gasteiger partial charge in [-0.1, -0.05) is 0 Å². The number of aromatic carboxylic acids is 1. The Morgan fingerprint density at radius 2 is 2.05 bits per heavy atom. The molecule has 0 aliphatic heterocycles. The number of carboxylic acid groups (broad SMARTS) is 1. The summed E-state index contributed by atoms with van der Waals surface area (Å²) in [7, 11) is -3.82. The van der Waals surface area contributed by atoms with Gasteiger partial charge in [-0.15, -0.1) is 0 Å². The van der Waals surface area contributed by atoms with Crippen molar-refractivity contribution in [2.75, 3.05) is 18.9 Å². The zero-order chi connectivity index (χ0) is 15.0. The maximum absolute atomic E-state index is 12.1. The van der Waals surface area contributed by atoms with E-state index >= 15 is 0 Å². The molecule has 110 valence electrons. The SMILES string of the molecule is Nc1cc(C(=O)O)ccc1S(=O)(=O)NCC1(CO)CC1. The maximum Gasteiger partial charge on any atom is 0.335 e. The largest absolute Gasteiger partial charge is 0.478 e. The van der Waals surface area contributed by atoms with Crippen LogP contribution < -0.4 is 10.5 Å². The highest BCUT2D eigenvalue weighted by Crippen LogP contribution is 2.44. The molecule has 0 spiro atoms. The average molecular weight is 300 g/mol. The summed E-state index contributed by atoms with van der Waals surface area (Å²) in [6, 6.07) is 3.46. The molecule has 1 aliphatic carbocycles. The lowest BCUT2D eigenvalue weighted by molar-refractivity contribution is 0.0697. The van der Waals surface area contributed by atoms with Crippen molar-refractivity contribution in [3.63, 3.8) is 0 Å². The van der Waals surface area contributed by atoms with Gasteiger partial charge in [0.2, 0.25) is 10.0 Å². The fourth-order valence-electron chi connectivity index (χ4n) is 1.82. The van der Waals surface area contributed by atoms with Gasteiger partial charge in [-0.05, 0) is 31.0 Å². The molecule has 0 radical (unpaired) electrons. The monoisotopic (exact) mass is 300 g/mol. The first-order chi connectivity index (χ1) is 9.30. The highest BCUT2D eigenvalue weighted by molar-refractivity contribution is 7.89. The predicted molar refractivity (Wildman–Crippen MR) is 71.8 cm³/mol. The molecular weight excluding hydrogens is 284 g/mol. The van der Waals surface area contributed by atoms with E-state index in [4.69, 9.17) is 15.9 Å². The van der Waals surface area contributed by atoms with Gasteiger partial charge < -0.3 is 15.9 Å². The fraction of sp³-hybridized carbons (Fsp3) is 0.417. The van der Waals surface area contributed by atoms with Crippen LogP contribution in [0.1, 0.15) is 23.2 Å². The number of aliphatic hydroxyl groups excluding tert-OH is 1. The first-order valence-corrected chi connectivity index (χ1v) is 7.51. The highest BCUT2D eigenvalue weighted by atomic mass is 32.2. The number of hydrogen-bond donors (Lipinski definition) is 4. The fourth-order valence-corrected chi connectivity index (χ4v) is 3.09. The van der Waals surface area contributed by atoms with Crippen molar-refractivity contribution >= 4 is 21.7 Å². The number of carboxylic acids is 1.